The molecule has 0 aliphatic carbocycles. The number of guanidine groups is 1. The number of aliphatic imine (C=N–C) groups is 1. The number of anilines is 1. The van der Waals surface area contributed by atoms with Crippen LogP contribution in [-0.4, -0.2) is 41.5 Å². The fourth-order valence-electron chi connectivity index (χ4n) is 3.07. The second-order valence-corrected chi connectivity index (χ2v) is 7.75. The summed E-state index contributed by atoms with van der Waals surface area (Å²) in [7, 11) is 0. The first-order valence-electron chi connectivity index (χ1n) is 9.57. The Morgan fingerprint density at radius 2 is 2.03 bits per heavy atom. The SMILES string of the molecule is O=C1CCCN1CCCNC(=NCc1cc(Br)ccc1F)Nc1ccc(O)cc1. The zero-order valence-corrected chi connectivity index (χ0v) is 17.6. The smallest absolute Gasteiger partial charge is 0.222 e. The quantitative estimate of drug-likeness (QED) is 0.252. The summed E-state index contributed by atoms with van der Waals surface area (Å²) >= 11 is 3.35. The summed E-state index contributed by atoms with van der Waals surface area (Å²) in [5, 5.41) is 15.8. The topological polar surface area (TPSA) is 77.0 Å². The van der Waals surface area contributed by atoms with E-state index in [0.29, 0.717) is 31.0 Å². The van der Waals surface area contributed by atoms with Crippen LogP contribution < -0.4 is 10.6 Å². The Labute approximate surface area is 178 Å². The highest BCUT2D eigenvalue weighted by atomic mass is 79.9. The van der Waals surface area contributed by atoms with Crippen molar-refractivity contribution in [2.45, 2.75) is 25.8 Å². The number of benzene rings is 2. The van der Waals surface area contributed by atoms with E-state index in [1.54, 1.807) is 36.4 Å². The molecule has 1 fully saturated rings. The van der Waals surface area contributed by atoms with Gasteiger partial charge in [-0.3, -0.25) is 4.79 Å². The van der Waals surface area contributed by atoms with Crippen LogP contribution in [0.25, 0.3) is 0 Å². The fraction of sp³-hybridized carbons (Fsp3) is 0.333. The molecule has 1 aliphatic rings. The van der Waals surface area contributed by atoms with E-state index in [2.05, 4.69) is 31.6 Å². The molecule has 0 bridgehead atoms. The van der Waals surface area contributed by atoms with Crippen molar-refractivity contribution >= 4 is 33.5 Å². The third-order valence-corrected chi connectivity index (χ3v) is 5.11. The molecule has 8 heteroatoms. The minimum atomic E-state index is -0.312. The van der Waals surface area contributed by atoms with E-state index in [1.807, 2.05) is 4.90 Å². The van der Waals surface area contributed by atoms with Gasteiger partial charge < -0.3 is 20.6 Å². The Balaban J connectivity index is 1.62. The number of rotatable bonds is 7. The summed E-state index contributed by atoms with van der Waals surface area (Å²) in [6, 6.07) is 11.4. The number of amides is 1. The molecule has 0 atom stereocenters. The van der Waals surface area contributed by atoms with E-state index in [4.69, 9.17) is 0 Å². The largest absolute Gasteiger partial charge is 0.508 e. The molecule has 3 rings (SSSR count). The number of nitrogens with zero attached hydrogens (tertiary/aromatic N) is 2. The number of carbonyl (C=O) groups excluding carboxylic acids is 1. The lowest BCUT2D eigenvalue weighted by molar-refractivity contribution is -0.127. The molecule has 0 unspecified atom stereocenters. The van der Waals surface area contributed by atoms with Crippen molar-refractivity contribution in [3.63, 3.8) is 0 Å². The molecule has 1 saturated heterocycles. The first kappa shape index (κ1) is 21.1. The Hall–Kier alpha value is -2.61. The van der Waals surface area contributed by atoms with E-state index in [1.165, 1.54) is 6.07 Å². The van der Waals surface area contributed by atoms with Gasteiger partial charge in [0.05, 0.1) is 6.54 Å². The monoisotopic (exact) mass is 462 g/mol. The van der Waals surface area contributed by atoms with Gasteiger partial charge in [-0.05, 0) is 55.3 Å². The molecule has 29 heavy (non-hydrogen) atoms. The number of carbonyl (C=O) groups is 1. The van der Waals surface area contributed by atoms with Crippen molar-refractivity contribution in [2.24, 2.45) is 4.99 Å². The maximum absolute atomic E-state index is 14.0. The van der Waals surface area contributed by atoms with Gasteiger partial charge in [0.2, 0.25) is 5.91 Å². The molecule has 0 spiro atoms. The molecule has 2 aromatic carbocycles. The van der Waals surface area contributed by atoms with Crippen LogP contribution >= 0.6 is 15.9 Å². The highest BCUT2D eigenvalue weighted by Gasteiger charge is 2.19. The van der Waals surface area contributed by atoms with Crippen LogP contribution in [0.2, 0.25) is 0 Å². The van der Waals surface area contributed by atoms with Gasteiger partial charge in [-0.15, -0.1) is 0 Å². The molecule has 1 heterocycles. The number of hydrogen-bond acceptors (Lipinski definition) is 3. The van der Waals surface area contributed by atoms with Gasteiger partial charge >= 0.3 is 0 Å². The van der Waals surface area contributed by atoms with Crippen LogP contribution in [0.3, 0.4) is 0 Å². The predicted octanol–water partition coefficient (Wildman–Crippen LogP) is 3.86. The van der Waals surface area contributed by atoms with Crippen molar-refractivity contribution < 1.29 is 14.3 Å². The molecule has 0 aromatic heterocycles. The van der Waals surface area contributed by atoms with Gasteiger partial charge in [-0.25, -0.2) is 9.38 Å². The molecular formula is C21H24BrFN4O2. The Morgan fingerprint density at radius 3 is 2.76 bits per heavy atom. The molecular weight excluding hydrogens is 439 g/mol. The molecule has 6 nitrogen and oxygen atoms in total. The van der Waals surface area contributed by atoms with E-state index in [9.17, 15) is 14.3 Å². The Bertz CT molecular complexity index is 873. The predicted molar refractivity (Wildman–Crippen MR) is 115 cm³/mol. The van der Waals surface area contributed by atoms with Crippen LogP contribution in [0.4, 0.5) is 10.1 Å². The van der Waals surface area contributed by atoms with Crippen molar-refractivity contribution in [3.8, 4) is 5.75 Å². The summed E-state index contributed by atoms with van der Waals surface area (Å²) in [5.41, 5.74) is 1.23. The summed E-state index contributed by atoms with van der Waals surface area (Å²) in [6.07, 6.45) is 2.35. The van der Waals surface area contributed by atoms with Crippen molar-refractivity contribution in [2.75, 3.05) is 25.0 Å². The van der Waals surface area contributed by atoms with Crippen molar-refractivity contribution in [1.29, 1.82) is 0 Å². The number of hydrogen-bond donors (Lipinski definition) is 3. The van der Waals surface area contributed by atoms with E-state index >= 15 is 0 Å². The minimum Gasteiger partial charge on any atom is -0.508 e. The zero-order chi connectivity index (χ0) is 20.6. The number of halogens is 2. The first-order chi connectivity index (χ1) is 14.0. The highest BCUT2D eigenvalue weighted by Crippen LogP contribution is 2.17. The minimum absolute atomic E-state index is 0.170. The van der Waals surface area contributed by atoms with Crippen LogP contribution in [-0.2, 0) is 11.3 Å². The molecule has 0 saturated carbocycles. The van der Waals surface area contributed by atoms with Crippen LogP contribution in [0, 0.1) is 5.82 Å². The summed E-state index contributed by atoms with van der Waals surface area (Å²) < 4.78 is 14.8. The standard InChI is InChI=1S/C21H24BrFN4O2/c22-16-4-9-19(23)15(13-16)14-25-21(26-17-5-7-18(28)8-6-17)24-10-2-12-27-11-1-3-20(27)29/h4-9,13,28H,1-3,10-12,14H2,(H2,24,25,26). The molecule has 3 N–H and O–H groups in total. The van der Waals surface area contributed by atoms with E-state index in [0.717, 1.165) is 29.5 Å². The molecule has 0 radical (unpaired) electrons. The third kappa shape index (κ3) is 6.45. The lowest BCUT2D eigenvalue weighted by Crippen LogP contribution is -2.34. The van der Waals surface area contributed by atoms with Crippen molar-refractivity contribution in [3.05, 3.63) is 58.3 Å². The lowest BCUT2D eigenvalue weighted by Gasteiger charge is -2.17. The molecule has 154 valence electrons. The maximum atomic E-state index is 14.0. The van der Waals surface area contributed by atoms with Crippen molar-refractivity contribution in [1.82, 2.24) is 10.2 Å². The average Bonchev–Trinajstić information content (AvgIpc) is 3.12. The zero-order valence-electron chi connectivity index (χ0n) is 16.0. The van der Waals surface area contributed by atoms with Gasteiger partial charge in [-0.1, -0.05) is 15.9 Å². The summed E-state index contributed by atoms with van der Waals surface area (Å²) in [6.45, 7) is 2.32. The van der Waals surface area contributed by atoms with Crippen LogP contribution in [0.15, 0.2) is 51.9 Å². The van der Waals surface area contributed by atoms with Gasteiger partial charge in [0.25, 0.3) is 0 Å². The number of likely N-dealkylation sites (tertiary alicyclic amines) is 1. The average molecular weight is 463 g/mol. The number of phenolic OH excluding ortho intramolecular Hbond substituents is 1. The van der Waals surface area contributed by atoms with E-state index in [-0.39, 0.29) is 24.0 Å². The highest BCUT2D eigenvalue weighted by molar-refractivity contribution is 9.10. The van der Waals surface area contributed by atoms with Gasteiger partial charge in [0.1, 0.15) is 11.6 Å². The van der Waals surface area contributed by atoms with Gasteiger partial charge in [0, 0.05) is 41.8 Å². The molecule has 1 aliphatic heterocycles. The number of phenols is 1. The van der Waals surface area contributed by atoms with E-state index < -0.39 is 0 Å². The molecule has 1 amide bonds. The van der Waals surface area contributed by atoms with Gasteiger partial charge in [0.15, 0.2) is 5.96 Å². The Kier molecular flexibility index (Phi) is 7.46. The summed E-state index contributed by atoms with van der Waals surface area (Å²) in [4.78, 5) is 18.1. The molecule has 2 aromatic rings. The Morgan fingerprint density at radius 1 is 1.24 bits per heavy atom. The van der Waals surface area contributed by atoms with Crippen LogP contribution in [0.5, 0.6) is 5.75 Å². The lowest BCUT2D eigenvalue weighted by atomic mass is 10.2. The van der Waals surface area contributed by atoms with Gasteiger partial charge in [-0.2, -0.15) is 0 Å². The number of nitrogens with one attached hydrogen (secondary N) is 2. The summed E-state index contributed by atoms with van der Waals surface area (Å²) in [5.74, 6) is 0.580. The normalized spacial score (nSPS) is 14.3. The van der Waals surface area contributed by atoms with Crippen LogP contribution in [0.1, 0.15) is 24.8 Å². The first-order valence-corrected chi connectivity index (χ1v) is 10.4. The fourth-order valence-corrected chi connectivity index (χ4v) is 3.48. The third-order valence-electron chi connectivity index (χ3n) is 4.61. The second kappa shape index (κ2) is 10.2. The number of aromatic hydroxyl groups is 1. The second-order valence-electron chi connectivity index (χ2n) is 6.84. The maximum Gasteiger partial charge on any atom is 0.222 e.